The number of likely N-dealkylation sites (tertiary alicyclic amines) is 1. The van der Waals surface area contributed by atoms with Crippen LogP contribution in [0.1, 0.15) is 41.7 Å². The molecule has 29 heavy (non-hydrogen) atoms. The van der Waals surface area contributed by atoms with Gasteiger partial charge < -0.3 is 14.8 Å². The fourth-order valence-electron chi connectivity index (χ4n) is 3.56. The number of Topliss-reactive ketones (excluding diaryl/α,β-unsaturated/α-hetero) is 1. The number of ketones is 1. The molecule has 3 rings (SSSR count). The molecule has 1 aliphatic rings. The topological polar surface area (TPSA) is 67.9 Å². The molecule has 2 aromatic rings. The van der Waals surface area contributed by atoms with E-state index in [0.29, 0.717) is 17.9 Å². The van der Waals surface area contributed by atoms with Crippen molar-refractivity contribution in [1.29, 1.82) is 0 Å². The Hall–Kier alpha value is -2.86. The molecular weight excluding hydrogens is 368 g/mol. The number of methoxy groups -OCH3 is 1. The predicted molar refractivity (Wildman–Crippen MR) is 111 cm³/mol. The average molecular weight is 396 g/mol. The third kappa shape index (κ3) is 5.81. The molecule has 1 fully saturated rings. The Labute approximate surface area is 171 Å². The molecule has 6 nitrogen and oxygen atoms in total. The Morgan fingerprint density at radius 2 is 1.79 bits per heavy atom. The van der Waals surface area contributed by atoms with Crippen LogP contribution in [0.2, 0.25) is 0 Å². The van der Waals surface area contributed by atoms with Gasteiger partial charge in [0.25, 0.3) is 5.91 Å². The Bertz CT molecular complexity index is 829. The number of hydrogen-bond acceptors (Lipinski definition) is 5. The van der Waals surface area contributed by atoms with Crippen molar-refractivity contribution < 1.29 is 19.1 Å². The quantitative estimate of drug-likeness (QED) is 0.659. The molecule has 1 heterocycles. The number of carbonyl (C=O) groups excluding carboxylic acids is 2. The Balaban J connectivity index is 1.56. The lowest BCUT2D eigenvalue weighted by Crippen LogP contribution is -2.38. The molecule has 0 saturated carbocycles. The zero-order valence-electron chi connectivity index (χ0n) is 17.0. The van der Waals surface area contributed by atoms with Gasteiger partial charge in [-0.15, -0.1) is 0 Å². The van der Waals surface area contributed by atoms with Crippen LogP contribution < -0.4 is 14.8 Å². The fourth-order valence-corrected chi connectivity index (χ4v) is 3.56. The lowest BCUT2D eigenvalue weighted by Gasteiger charge is -2.28. The summed E-state index contributed by atoms with van der Waals surface area (Å²) in [6.45, 7) is 4.01. The highest BCUT2D eigenvalue weighted by molar-refractivity contribution is 5.94. The number of nitrogens with one attached hydrogen (secondary N) is 1. The van der Waals surface area contributed by atoms with E-state index in [9.17, 15) is 9.59 Å². The van der Waals surface area contributed by atoms with Crippen molar-refractivity contribution in [2.75, 3.05) is 33.4 Å². The smallest absolute Gasteiger partial charge is 0.258 e. The van der Waals surface area contributed by atoms with Crippen molar-refractivity contribution in [3.05, 3.63) is 59.7 Å². The minimum atomic E-state index is -0.173. The highest BCUT2D eigenvalue weighted by atomic mass is 16.5. The van der Waals surface area contributed by atoms with E-state index in [1.54, 1.807) is 31.4 Å². The minimum Gasteiger partial charge on any atom is -0.497 e. The fraction of sp³-hybridized carbons (Fsp3) is 0.391. The molecule has 154 valence electrons. The first kappa shape index (κ1) is 20.9. The first-order chi connectivity index (χ1) is 14.1. The molecule has 1 saturated heterocycles. The zero-order valence-corrected chi connectivity index (χ0v) is 17.0. The molecule has 2 aromatic carbocycles. The summed E-state index contributed by atoms with van der Waals surface area (Å²) in [5.41, 5.74) is 1.75. The van der Waals surface area contributed by atoms with Gasteiger partial charge in [-0.2, -0.15) is 0 Å². The second-order valence-electron chi connectivity index (χ2n) is 7.21. The van der Waals surface area contributed by atoms with Crippen molar-refractivity contribution in [3.8, 4) is 11.5 Å². The molecule has 0 aromatic heterocycles. The zero-order chi connectivity index (χ0) is 20.6. The molecule has 1 N–H and O–H groups in total. The second-order valence-corrected chi connectivity index (χ2v) is 7.21. The van der Waals surface area contributed by atoms with Crippen LogP contribution in [0.3, 0.4) is 0 Å². The summed E-state index contributed by atoms with van der Waals surface area (Å²) in [5.74, 6) is 1.21. The number of hydrogen-bond donors (Lipinski definition) is 1. The third-order valence-electron chi connectivity index (χ3n) is 5.18. The standard InChI is InChI=1S/C23H28N2O4/c1-17(26)18-8-10-20(11-9-18)29-16-23(27)24-15-22(25-12-3-4-13-25)19-6-5-7-21(14-19)28-2/h5-11,14,22H,3-4,12-13,15-16H2,1-2H3,(H,24,27). The summed E-state index contributed by atoms with van der Waals surface area (Å²) in [5, 5.41) is 2.99. The molecule has 0 bridgehead atoms. The first-order valence-corrected chi connectivity index (χ1v) is 9.95. The van der Waals surface area contributed by atoms with Gasteiger partial charge in [-0.3, -0.25) is 14.5 Å². The van der Waals surface area contributed by atoms with Gasteiger partial charge >= 0.3 is 0 Å². The highest BCUT2D eigenvalue weighted by Gasteiger charge is 2.24. The lowest BCUT2D eigenvalue weighted by molar-refractivity contribution is -0.123. The molecule has 1 unspecified atom stereocenters. The third-order valence-corrected chi connectivity index (χ3v) is 5.18. The van der Waals surface area contributed by atoms with Gasteiger partial charge in [-0.25, -0.2) is 0 Å². The molecule has 1 aliphatic heterocycles. The van der Waals surface area contributed by atoms with Crippen LogP contribution in [0, 0.1) is 0 Å². The van der Waals surface area contributed by atoms with Gasteiger partial charge in [0.2, 0.25) is 0 Å². The van der Waals surface area contributed by atoms with Crippen molar-refractivity contribution in [2.24, 2.45) is 0 Å². The molecule has 1 amide bonds. The number of amides is 1. The van der Waals surface area contributed by atoms with Crippen LogP contribution in [-0.2, 0) is 4.79 Å². The summed E-state index contributed by atoms with van der Waals surface area (Å²) in [4.78, 5) is 26.1. The van der Waals surface area contributed by atoms with Crippen LogP contribution >= 0.6 is 0 Å². The molecule has 0 aliphatic carbocycles. The van der Waals surface area contributed by atoms with Crippen LogP contribution in [0.5, 0.6) is 11.5 Å². The van der Waals surface area contributed by atoms with Gasteiger partial charge in [-0.1, -0.05) is 12.1 Å². The van der Waals surface area contributed by atoms with Crippen molar-refractivity contribution in [1.82, 2.24) is 10.2 Å². The van der Waals surface area contributed by atoms with E-state index in [-0.39, 0.29) is 24.3 Å². The minimum absolute atomic E-state index is 0.000194. The van der Waals surface area contributed by atoms with E-state index >= 15 is 0 Å². The van der Waals surface area contributed by atoms with Crippen LogP contribution in [0.15, 0.2) is 48.5 Å². The van der Waals surface area contributed by atoms with E-state index in [0.717, 1.165) is 24.4 Å². The number of rotatable bonds is 9. The van der Waals surface area contributed by atoms with Gasteiger partial charge in [0.15, 0.2) is 12.4 Å². The van der Waals surface area contributed by atoms with E-state index in [1.807, 2.05) is 18.2 Å². The maximum absolute atomic E-state index is 12.3. The van der Waals surface area contributed by atoms with Gasteiger partial charge in [0, 0.05) is 12.1 Å². The number of ether oxygens (including phenoxy) is 2. The van der Waals surface area contributed by atoms with E-state index in [1.165, 1.54) is 19.8 Å². The van der Waals surface area contributed by atoms with Crippen LogP contribution in [0.4, 0.5) is 0 Å². The van der Waals surface area contributed by atoms with Crippen LogP contribution in [-0.4, -0.2) is 49.9 Å². The highest BCUT2D eigenvalue weighted by Crippen LogP contribution is 2.27. The molecule has 1 atom stereocenters. The number of nitrogens with zero attached hydrogens (tertiary/aromatic N) is 1. The summed E-state index contributed by atoms with van der Waals surface area (Å²) in [6, 6.07) is 14.9. The summed E-state index contributed by atoms with van der Waals surface area (Å²) >= 11 is 0. The van der Waals surface area contributed by atoms with Gasteiger partial charge in [0.1, 0.15) is 11.5 Å². The van der Waals surface area contributed by atoms with Gasteiger partial charge in [0.05, 0.1) is 13.2 Å². The second kappa shape index (κ2) is 10.1. The van der Waals surface area contributed by atoms with Gasteiger partial charge in [-0.05, 0) is 74.8 Å². The Morgan fingerprint density at radius 1 is 1.07 bits per heavy atom. The van der Waals surface area contributed by atoms with Crippen LogP contribution in [0.25, 0.3) is 0 Å². The van der Waals surface area contributed by atoms with Crippen molar-refractivity contribution in [3.63, 3.8) is 0 Å². The summed E-state index contributed by atoms with van der Waals surface area (Å²) in [7, 11) is 1.66. The Morgan fingerprint density at radius 3 is 2.45 bits per heavy atom. The van der Waals surface area contributed by atoms with E-state index in [2.05, 4.69) is 16.3 Å². The SMILES string of the molecule is COc1cccc(C(CNC(=O)COc2ccc(C(C)=O)cc2)N2CCCC2)c1. The maximum Gasteiger partial charge on any atom is 0.258 e. The average Bonchev–Trinajstić information content (AvgIpc) is 3.27. The number of benzene rings is 2. The summed E-state index contributed by atoms with van der Waals surface area (Å²) in [6.07, 6.45) is 2.35. The maximum atomic E-state index is 12.3. The lowest BCUT2D eigenvalue weighted by atomic mass is 10.0. The number of carbonyl (C=O) groups is 2. The van der Waals surface area contributed by atoms with E-state index < -0.39 is 0 Å². The largest absolute Gasteiger partial charge is 0.497 e. The molecule has 6 heteroatoms. The monoisotopic (exact) mass is 396 g/mol. The first-order valence-electron chi connectivity index (χ1n) is 9.95. The van der Waals surface area contributed by atoms with Crippen molar-refractivity contribution >= 4 is 11.7 Å². The normalized spacial score (nSPS) is 15.0. The summed E-state index contributed by atoms with van der Waals surface area (Å²) < 4.78 is 10.9. The molecule has 0 spiro atoms. The Kier molecular flexibility index (Phi) is 7.25. The molecular formula is C23H28N2O4. The van der Waals surface area contributed by atoms with Crippen molar-refractivity contribution in [2.45, 2.75) is 25.8 Å². The van der Waals surface area contributed by atoms with E-state index in [4.69, 9.17) is 9.47 Å². The predicted octanol–water partition coefficient (Wildman–Crippen LogP) is 3.23. The molecule has 0 radical (unpaired) electrons.